The Morgan fingerprint density at radius 3 is 2.19 bits per heavy atom. The molecule has 1 atom stereocenters. The fraction of sp³-hybridized carbons (Fsp3) is 0.750. The number of rotatable bonds is 16. The second-order valence-corrected chi connectivity index (χ2v) is 8.57. The molecule has 1 rings (SSSR count). The highest BCUT2D eigenvalue weighted by Crippen LogP contribution is 2.19. The normalized spacial score (nSPS) is 13.7. The number of hydrogen-bond donors (Lipinski definition) is 2. The van der Waals surface area contributed by atoms with Crippen molar-refractivity contribution < 1.29 is 9.84 Å². The van der Waals surface area contributed by atoms with Gasteiger partial charge in [-0.25, -0.2) is 0 Å². The largest absolute Gasteiger partial charge is 0.494 e. The topological polar surface area (TPSA) is 55.5 Å². The van der Waals surface area contributed by atoms with E-state index in [-0.39, 0.29) is 6.61 Å². The van der Waals surface area contributed by atoms with Crippen molar-refractivity contribution in [1.29, 1.82) is 0 Å². The number of unbranched alkanes of at least 4 members (excludes halogenated alkanes) is 5. The van der Waals surface area contributed by atoms with Crippen LogP contribution in [0.1, 0.15) is 90.5 Å². The van der Waals surface area contributed by atoms with Crippen LogP contribution in [-0.2, 0) is 6.42 Å². The van der Waals surface area contributed by atoms with Crippen molar-refractivity contribution in [3.63, 3.8) is 0 Å². The molecular weight excluding hydrogens is 334 g/mol. The minimum Gasteiger partial charge on any atom is -0.494 e. The van der Waals surface area contributed by atoms with Crippen LogP contribution in [0.5, 0.6) is 5.75 Å². The van der Waals surface area contributed by atoms with Crippen molar-refractivity contribution in [3.05, 3.63) is 29.8 Å². The molecule has 27 heavy (non-hydrogen) atoms. The summed E-state index contributed by atoms with van der Waals surface area (Å²) in [7, 11) is 0. The van der Waals surface area contributed by atoms with Gasteiger partial charge in [-0.1, -0.05) is 77.8 Å². The lowest BCUT2D eigenvalue weighted by Gasteiger charge is -2.26. The maximum atomic E-state index is 9.52. The molecule has 156 valence electrons. The zero-order valence-corrected chi connectivity index (χ0v) is 18.0. The van der Waals surface area contributed by atoms with E-state index in [0.29, 0.717) is 0 Å². The molecular formula is C24H43NO2. The number of aliphatic hydroxyl groups excluding tert-OH is 1. The summed E-state index contributed by atoms with van der Waals surface area (Å²) < 4.78 is 5.86. The molecule has 3 N–H and O–H groups in total. The highest BCUT2D eigenvalue weighted by atomic mass is 16.5. The first-order valence-electron chi connectivity index (χ1n) is 11.1. The Bertz CT molecular complexity index is 472. The van der Waals surface area contributed by atoms with Crippen LogP contribution in [-0.4, -0.2) is 23.9 Å². The number of benzene rings is 1. The molecule has 0 aromatic heterocycles. The van der Waals surface area contributed by atoms with Crippen LogP contribution in [0.25, 0.3) is 0 Å². The second-order valence-electron chi connectivity index (χ2n) is 8.57. The van der Waals surface area contributed by atoms with Crippen LogP contribution in [0.2, 0.25) is 0 Å². The molecule has 0 fully saturated rings. The smallest absolute Gasteiger partial charge is 0.119 e. The maximum Gasteiger partial charge on any atom is 0.119 e. The lowest BCUT2D eigenvalue weighted by Crippen LogP contribution is -2.43. The van der Waals surface area contributed by atoms with Gasteiger partial charge in [-0.2, -0.15) is 0 Å². The molecule has 3 heteroatoms. The van der Waals surface area contributed by atoms with Crippen molar-refractivity contribution in [2.24, 2.45) is 11.7 Å². The van der Waals surface area contributed by atoms with E-state index < -0.39 is 5.54 Å². The van der Waals surface area contributed by atoms with E-state index in [1.807, 2.05) is 0 Å². The summed E-state index contributed by atoms with van der Waals surface area (Å²) in [5.41, 5.74) is 7.06. The number of ether oxygens (including phenoxy) is 1. The number of nitrogens with two attached hydrogens (primary N) is 1. The van der Waals surface area contributed by atoms with E-state index in [0.717, 1.165) is 50.4 Å². The average molecular weight is 378 g/mol. The van der Waals surface area contributed by atoms with Gasteiger partial charge in [0, 0.05) is 5.54 Å². The Hall–Kier alpha value is -1.06. The highest BCUT2D eigenvalue weighted by Gasteiger charge is 2.22. The predicted octanol–water partition coefficient (Wildman–Crippen LogP) is 5.87. The van der Waals surface area contributed by atoms with Crippen molar-refractivity contribution in [2.75, 3.05) is 13.2 Å². The molecule has 0 amide bonds. The third kappa shape index (κ3) is 11.4. The Balaban J connectivity index is 2.14. The number of hydrogen-bond acceptors (Lipinski definition) is 3. The SMILES string of the molecule is CCC[C@@](N)(CO)CCc1ccc(OCCCCCCCCC(C)C)cc1. The molecule has 3 nitrogen and oxygen atoms in total. The first-order valence-corrected chi connectivity index (χ1v) is 11.1. The number of aryl methyl sites for hydroxylation is 1. The molecule has 0 heterocycles. The van der Waals surface area contributed by atoms with Gasteiger partial charge in [0.1, 0.15) is 5.75 Å². The van der Waals surface area contributed by atoms with Crippen LogP contribution in [0, 0.1) is 5.92 Å². The van der Waals surface area contributed by atoms with E-state index >= 15 is 0 Å². The van der Waals surface area contributed by atoms with Gasteiger partial charge < -0.3 is 15.6 Å². The standard InChI is InChI=1S/C24H43NO2/c1-4-17-24(25,20-26)18-16-22-12-14-23(15-13-22)27-19-10-8-6-5-7-9-11-21(2)3/h12-15,21,26H,4-11,16-20,25H2,1-3H3/t24-/m0/s1. The highest BCUT2D eigenvalue weighted by molar-refractivity contribution is 5.27. The van der Waals surface area contributed by atoms with E-state index in [4.69, 9.17) is 10.5 Å². The third-order valence-electron chi connectivity index (χ3n) is 5.34. The molecule has 1 aromatic carbocycles. The molecule has 0 saturated heterocycles. The Labute approximate surface area is 167 Å². The van der Waals surface area contributed by atoms with E-state index in [1.54, 1.807) is 0 Å². The molecule has 0 unspecified atom stereocenters. The summed E-state index contributed by atoms with van der Waals surface area (Å²) >= 11 is 0. The molecule has 0 spiro atoms. The van der Waals surface area contributed by atoms with Gasteiger partial charge in [0.15, 0.2) is 0 Å². The van der Waals surface area contributed by atoms with Crippen LogP contribution in [0.3, 0.4) is 0 Å². The van der Waals surface area contributed by atoms with Gasteiger partial charge in [-0.15, -0.1) is 0 Å². The minimum atomic E-state index is -0.446. The van der Waals surface area contributed by atoms with Crippen LogP contribution in [0.15, 0.2) is 24.3 Å². The predicted molar refractivity (Wildman–Crippen MR) is 116 cm³/mol. The lowest BCUT2D eigenvalue weighted by atomic mass is 9.89. The Kier molecular flexibility index (Phi) is 12.4. The molecule has 0 aliphatic heterocycles. The van der Waals surface area contributed by atoms with E-state index in [1.165, 1.54) is 44.1 Å². The fourth-order valence-corrected chi connectivity index (χ4v) is 3.48. The van der Waals surface area contributed by atoms with Gasteiger partial charge in [0.25, 0.3) is 0 Å². The molecule has 0 bridgehead atoms. The monoisotopic (exact) mass is 377 g/mol. The third-order valence-corrected chi connectivity index (χ3v) is 5.34. The van der Waals surface area contributed by atoms with Gasteiger partial charge >= 0.3 is 0 Å². The zero-order chi connectivity index (χ0) is 20.0. The maximum absolute atomic E-state index is 9.52. The molecule has 0 aliphatic rings. The van der Waals surface area contributed by atoms with Gasteiger partial charge in [-0.05, 0) is 49.3 Å². The van der Waals surface area contributed by atoms with Crippen molar-refractivity contribution in [1.82, 2.24) is 0 Å². The van der Waals surface area contributed by atoms with Crippen molar-refractivity contribution in [2.45, 2.75) is 96.9 Å². The van der Waals surface area contributed by atoms with Crippen molar-refractivity contribution in [3.8, 4) is 5.75 Å². The van der Waals surface area contributed by atoms with Crippen LogP contribution < -0.4 is 10.5 Å². The average Bonchev–Trinajstić information content (AvgIpc) is 2.66. The fourth-order valence-electron chi connectivity index (χ4n) is 3.48. The Morgan fingerprint density at radius 1 is 0.963 bits per heavy atom. The summed E-state index contributed by atoms with van der Waals surface area (Å²) in [6, 6.07) is 8.35. The summed E-state index contributed by atoms with van der Waals surface area (Å²) in [6.45, 7) is 7.57. The van der Waals surface area contributed by atoms with E-state index in [9.17, 15) is 5.11 Å². The summed E-state index contributed by atoms with van der Waals surface area (Å²) in [5, 5.41) is 9.52. The first kappa shape index (κ1) is 24.0. The van der Waals surface area contributed by atoms with Crippen LogP contribution >= 0.6 is 0 Å². The zero-order valence-electron chi connectivity index (χ0n) is 18.0. The van der Waals surface area contributed by atoms with Gasteiger partial charge in [0.2, 0.25) is 0 Å². The summed E-state index contributed by atoms with van der Waals surface area (Å²) in [6.07, 6.45) is 12.8. The van der Waals surface area contributed by atoms with Gasteiger partial charge in [0.05, 0.1) is 13.2 Å². The van der Waals surface area contributed by atoms with Crippen LogP contribution in [0.4, 0.5) is 0 Å². The van der Waals surface area contributed by atoms with E-state index in [2.05, 4.69) is 45.0 Å². The molecule has 1 aromatic rings. The molecule has 0 radical (unpaired) electrons. The lowest BCUT2D eigenvalue weighted by molar-refractivity contribution is 0.177. The first-order chi connectivity index (χ1) is 13.0. The molecule has 0 saturated carbocycles. The summed E-state index contributed by atoms with van der Waals surface area (Å²) in [5.74, 6) is 1.79. The number of aliphatic hydroxyl groups is 1. The molecule has 0 aliphatic carbocycles. The minimum absolute atomic E-state index is 0.0553. The summed E-state index contributed by atoms with van der Waals surface area (Å²) in [4.78, 5) is 0. The van der Waals surface area contributed by atoms with Gasteiger partial charge in [-0.3, -0.25) is 0 Å². The second kappa shape index (κ2) is 14.0. The Morgan fingerprint density at radius 2 is 1.59 bits per heavy atom. The van der Waals surface area contributed by atoms with Crippen molar-refractivity contribution >= 4 is 0 Å². The quantitative estimate of drug-likeness (QED) is 0.354.